The predicted molar refractivity (Wildman–Crippen MR) is 145 cm³/mol. The molecule has 9 nitrogen and oxygen atoms in total. The number of nitrogens with two attached hydrogens (primary N) is 1. The van der Waals surface area contributed by atoms with Crippen molar-refractivity contribution in [1.82, 2.24) is 19.3 Å². The molecule has 0 bridgehead atoms. The Morgan fingerprint density at radius 2 is 1.85 bits per heavy atom. The summed E-state index contributed by atoms with van der Waals surface area (Å²) in [5.41, 5.74) is 5.87. The molecule has 1 saturated carbocycles. The summed E-state index contributed by atoms with van der Waals surface area (Å²) in [5, 5.41) is 4.26. The molecule has 0 radical (unpaired) electrons. The number of benzene rings is 1. The number of halogens is 3. The van der Waals surface area contributed by atoms with Crippen molar-refractivity contribution in [2.45, 2.75) is 37.0 Å². The minimum Gasteiger partial charge on any atom is -0.364 e. The number of carbonyl (C=O) groups is 1. The minimum absolute atomic E-state index is 0.0810. The van der Waals surface area contributed by atoms with E-state index in [1.807, 2.05) is 0 Å². The van der Waals surface area contributed by atoms with Crippen LogP contribution in [0.5, 0.6) is 0 Å². The molecule has 1 amide bonds. The summed E-state index contributed by atoms with van der Waals surface area (Å²) in [6.45, 7) is 3.16. The number of hydrogen-bond acceptors (Lipinski definition) is 6. The van der Waals surface area contributed by atoms with Crippen LogP contribution in [0.1, 0.15) is 51.3 Å². The summed E-state index contributed by atoms with van der Waals surface area (Å²) in [4.78, 5) is 28.6. The summed E-state index contributed by atoms with van der Waals surface area (Å²) in [7, 11) is -2.32. The lowest BCUT2D eigenvalue weighted by Gasteiger charge is -2.18. The molecule has 1 fully saturated rings. The number of primary amides is 1. The van der Waals surface area contributed by atoms with Gasteiger partial charge < -0.3 is 5.73 Å². The zero-order valence-electron chi connectivity index (χ0n) is 21.9. The largest absolute Gasteiger partial charge is 0.364 e. The number of amides is 1. The van der Waals surface area contributed by atoms with Crippen molar-refractivity contribution in [3.05, 3.63) is 91.7 Å². The first kappa shape index (κ1) is 27.7. The van der Waals surface area contributed by atoms with E-state index in [4.69, 9.17) is 17.3 Å². The Hall–Kier alpha value is -3.90. The van der Waals surface area contributed by atoms with Gasteiger partial charge in [-0.15, -0.1) is 0 Å². The van der Waals surface area contributed by atoms with Crippen LogP contribution in [0.2, 0.25) is 5.02 Å². The number of sulfone groups is 1. The van der Waals surface area contributed by atoms with E-state index in [1.54, 1.807) is 33.0 Å². The van der Waals surface area contributed by atoms with Crippen LogP contribution in [0.4, 0.5) is 8.78 Å². The van der Waals surface area contributed by atoms with Crippen LogP contribution < -0.4 is 11.3 Å². The zero-order chi connectivity index (χ0) is 29.3. The molecular weight excluding hydrogens is 564 g/mol. The molecular formula is C27H24ClF2N5O4S. The first-order chi connectivity index (χ1) is 18.7. The Labute approximate surface area is 233 Å². The Kier molecular flexibility index (Phi) is 6.66. The molecule has 40 heavy (non-hydrogen) atoms. The molecule has 0 saturated heterocycles. The van der Waals surface area contributed by atoms with E-state index in [0.717, 1.165) is 16.9 Å². The van der Waals surface area contributed by atoms with Gasteiger partial charge in [0.05, 0.1) is 11.4 Å². The van der Waals surface area contributed by atoms with Crippen molar-refractivity contribution >= 4 is 27.3 Å². The highest BCUT2D eigenvalue weighted by Crippen LogP contribution is 2.55. The van der Waals surface area contributed by atoms with Crippen molar-refractivity contribution < 1.29 is 22.0 Å². The average Bonchev–Trinajstić information content (AvgIpc) is 3.56. The highest BCUT2D eigenvalue weighted by molar-refractivity contribution is 7.90. The number of rotatable bonds is 6. The van der Waals surface area contributed by atoms with Crippen LogP contribution in [-0.2, 0) is 16.9 Å². The van der Waals surface area contributed by atoms with E-state index >= 15 is 8.78 Å². The lowest BCUT2D eigenvalue weighted by atomic mass is 10.1. The fourth-order valence-corrected chi connectivity index (χ4v) is 6.10. The first-order valence-electron chi connectivity index (χ1n) is 12.1. The van der Waals surface area contributed by atoms with Gasteiger partial charge in [-0.3, -0.25) is 23.8 Å². The van der Waals surface area contributed by atoms with E-state index in [1.165, 1.54) is 23.0 Å². The van der Waals surface area contributed by atoms with Crippen molar-refractivity contribution in [3.63, 3.8) is 0 Å². The summed E-state index contributed by atoms with van der Waals surface area (Å²) in [5.74, 6) is -2.97. The fourth-order valence-electron chi connectivity index (χ4n) is 5.06. The maximum atomic E-state index is 16.0. The molecule has 2 N–H and O–H groups in total. The number of pyridine rings is 2. The predicted octanol–water partition coefficient (Wildman–Crippen LogP) is 3.95. The lowest BCUT2D eigenvalue weighted by Crippen LogP contribution is -2.24. The van der Waals surface area contributed by atoms with Gasteiger partial charge in [0.2, 0.25) is 0 Å². The molecule has 5 rings (SSSR count). The van der Waals surface area contributed by atoms with Gasteiger partial charge in [-0.2, -0.15) is 5.10 Å². The topological polar surface area (TPSA) is 130 Å². The van der Waals surface area contributed by atoms with Gasteiger partial charge >= 0.3 is 0 Å². The van der Waals surface area contributed by atoms with Crippen LogP contribution in [0, 0.1) is 25.5 Å². The molecule has 3 aromatic heterocycles. The standard InChI is InChI=1S/C27H24ClF2N5O4S/c1-12-11-32-24(14-6-5-7-20(22(14)29)40(4,38)39)23(30)25(12)35-13(2)8-17(21(28)27(35)37)15-9-16(15)18-10-19(26(31)36)34(3)33-18/h5-8,10-11,15-16H,9H2,1-4H3,(H2,31,36)/t15-,16-/m0/s1. The third-order valence-corrected chi connectivity index (χ3v) is 8.59. The van der Waals surface area contributed by atoms with Gasteiger partial charge in [-0.05, 0) is 61.6 Å². The monoisotopic (exact) mass is 587 g/mol. The van der Waals surface area contributed by atoms with Crippen LogP contribution in [0.3, 0.4) is 0 Å². The fraction of sp³-hybridized carbons (Fsp3) is 0.259. The number of carbonyl (C=O) groups excluding carboxylic acids is 1. The smallest absolute Gasteiger partial charge is 0.274 e. The van der Waals surface area contributed by atoms with Crippen LogP contribution in [0.25, 0.3) is 16.9 Å². The van der Waals surface area contributed by atoms with Crippen LogP contribution >= 0.6 is 11.6 Å². The lowest BCUT2D eigenvalue weighted by molar-refractivity contribution is 0.0991. The molecule has 1 aliphatic rings. The van der Waals surface area contributed by atoms with Crippen molar-refractivity contribution in [3.8, 4) is 16.9 Å². The van der Waals surface area contributed by atoms with E-state index in [2.05, 4.69) is 10.1 Å². The summed E-state index contributed by atoms with van der Waals surface area (Å²) >= 11 is 6.55. The molecule has 2 atom stereocenters. The Morgan fingerprint density at radius 1 is 1.15 bits per heavy atom. The average molecular weight is 588 g/mol. The Bertz CT molecular complexity index is 1900. The maximum Gasteiger partial charge on any atom is 0.274 e. The second kappa shape index (κ2) is 9.63. The Morgan fingerprint density at radius 3 is 2.48 bits per heavy atom. The highest BCUT2D eigenvalue weighted by atomic mass is 35.5. The summed E-state index contributed by atoms with van der Waals surface area (Å²) in [6.07, 6.45) is 2.77. The molecule has 0 unspecified atom stereocenters. The molecule has 208 valence electrons. The molecule has 13 heteroatoms. The zero-order valence-corrected chi connectivity index (χ0v) is 23.4. The van der Waals surface area contributed by atoms with Gasteiger partial charge in [0.15, 0.2) is 21.5 Å². The first-order valence-corrected chi connectivity index (χ1v) is 14.4. The molecule has 3 heterocycles. The minimum atomic E-state index is -3.93. The molecule has 4 aromatic rings. The highest BCUT2D eigenvalue weighted by Gasteiger charge is 2.43. The maximum absolute atomic E-state index is 16.0. The SMILES string of the molecule is Cc1cnc(-c2cccc(S(C)(=O)=O)c2F)c(F)c1-n1c(C)cc([C@H]2C[C@@H]2c2cc(C(N)=O)n(C)n2)c(Cl)c1=O. The Balaban J connectivity index is 1.59. The van der Waals surface area contributed by atoms with Gasteiger partial charge in [-0.1, -0.05) is 17.7 Å². The van der Waals surface area contributed by atoms with E-state index in [-0.39, 0.29) is 39.4 Å². The number of aryl methyl sites for hydroxylation is 3. The van der Waals surface area contributed by atoms with E-state index in [0.29, 0.717) is 23.4 Å². The second-order valence-electron chi connectivity index (χ2n) is 9.93. The molecule has 0 spiro atoms. The normalized spacial score (nSPS) is 16.8. The van der Waals surface area contributed by atoms with E-state index in [9.17, 15) is 18.0 Å². The third kappa shape index (κ3) is 4.50. The van der Waals surface area contributed by atoms with E-state index < -0.39 is 43.5 Å². The van der Waals surface area contributed by atoms with Crippen LogP contribution in [-0.4, -0.2) is 39.9 Å². The molecule has 1 aromatic carbocycles. The third-order valence-electron chi connectivity index (χ3n) is 7.10. The molecule has 0 aliphatic heterocycles. The number of hydrogen-bond donors (Lipinski definition) is 1. The summed E-state index contributed by atoms with van der Waals surface area (Å²) < 4.78 is 57.7. The molecule has 1 aliphatic carbocycles. The summed E-state index contributed by atoms with van der Waals surface area (Å²) in [6, 6.07) is 6.90. The number of aromatic nitrogens is 4. The second-order valence-corrected chi connectivity index (χ2v) is 12.3. The van der Waals surface area contributed by atoms with Crippen molar-refractivity contribution in [2.24, 2.45) is 12.8 Å². The quantitative estimate of drug-likeness (QED) is 0.363. The van der Waals surface area contributed by atoms with Crippen molar-refractivity contribution in [2.75, 3.05) is 6.26 Å². The van der Waals surface area contributed by atoms with Gasteiger partial charge in [-0.25, -0.2) is 17.2 Å². The van der Waals surface area contributed by atoms with Crippen molar-refractivity contribution in [1.29, 1.82) is 0 Å². The number of nitrogens with zero attached hydrogens (tertiary/aromatic N) is 4. The van der Waals surface area contributed by atoms with Gasteiger partial charge in [0.1, 0.15) is 21.3 Å². The van der Waals surface area contributed by atoms with Gasteiger partial charge in [0.25, 0.3) is 11.5 Å². The van der Waals surface area contributed by atoms with Crippen LogP contribution in [0.15, 0.2) is 46.2 Å². The van der Waals surface area contributed by atoms with Gasteiger partial charge in [0, 0.05) is 36.7 Å².